The summed E-state index contributed by atoms with van der Waals surface area (Å²) < 4.78 is 21.7. The first kappa shape index (κ1) is 26.1. The van der Waals surface area contributed by atoms with Crippen LogP contribution in [0.2, 0.25) is 0 Å². The topological polar surface area (TPSA) is 94.5 Å². The third-order valence-corrected chi connectivity index (χ3v) is 5.92. The molecule has 1 heterocycles. The van der Waals surface area contributed by atoms with Crippen molar-refractivity contribution in [2.75, 3.05) is 41.1 Å². The molecular weight excluding hydrogens is 450 g/mol. The van der Waals surface area contributed by atoms with Crippen LogP contribution >= 0.6 is 0 Å². The second-order valence-corrected chi connectivity index (χ2v) is 8.17. The molecule has 0 bridgehead atoms. The fourth-order valence-electron chi connectivity index (χ4n) is 4.06. The Bertz CT molecular complexity index is 1060. The van der Waals surface area contributed by atoms with Crippen LogP contribution < -0.4 is 14.2 Å². The number of carbonyl (C=O) groups excluding carboxylic acids is 2. The highest BCUT2D eigenvalue weighted by Gasteiger charge is 2.46. The molecule has 0 radical (unpaired) electrons. The van der Waals surface area contributed by atoms with E-state index in [-0.39, 0.29) is 17.9 Å². The van der Waals surface area contributed by atoms with E-state index in [0.29, 0.717) is 48.0 Å². The molecule has 1 amide bonds. The number of hydrogen-bond donors (Lipinski definition) is 1. The van der Waals surface area contributed by atoms with Crippen LogP contribution in [-0.2, 0) is 14.3 Å². The van der Waals surface area contributed by atoms with E-state index in [1.807, 2.05) is 0 Å². The van der Waals surface area contributed by atoms with Gasteiger partial charge in [-0.2, -0.15) is 0 Å². The predicted molar refractivity (Wildman–Crippen MR) is 132 cm³/mol. The maximum absolute atomic E-state index is 13.2. The van der Waals surface area contributed by atoms with Crippen LogP contribution in [0, 0.1) is 0 Å². The van der Waals surface area contributed by atoms with Crippen LogP contribution in [0.3, 0.4) is 0 Å². The minimum Gasteiger partial charge on any atom is -0.507 e. The minimum absolute atomic E-state index is 0.00975. The molecule has 3 rings (SSSR count). The number of amides is 1. The van der Waals surface area contributed by atoms with Gasteiger partial charge in [-0.25, -0.2) is 0 Å². The Morgan fingerprint density at radius 3 is 2.29 bits per heavy atom. The number of ketones is 1. The van der Waals surface area contributed by atoms with Gasteiger partial charge < -0.3 is 29.0 Å². The van der Waals surface area contributed by atoms with Crippen molar-refractivity contribution in [2.45, 2.75) is 32.2 Å². The highest BCUT2D eigenvalue weighted by atomic mass is 16.5. The minimum atomic E-state index is -0.826. The monoisotopic (exact) mass is 483 g/mol. The van der Waals surface area contributed by atoms with Crippen LogP contribution in [0.5, 0.6) is 17.2 Å². The van der Waals surface area contributed by atoms with Gasteiger partial charge in [0.05, 0.1) is 32.4 Å². The van der Waals surface area contributed by atoms with Gasteiger partial charge in [0.15, 0.2) is 0 Å². The van der Waals surface area contributed by atoms with Gasteiger partial charge >= 0.3 is 0 Å². The number of Topliss-reactive ketones (excluding diaryl/α,β-unsaturated/α-hetero) is 1. The van der Waals surface area contributed by atoms with Gasteiger partial charge in [-0.05, 0) is 49.2 Å². The molecule has 35 heavy (non-hydrogen) atoms. The highest BCUT2D eigenvalue weighted by Crippen LogP contribution is 2.43. The maximum atomic E-state index is 13.2. The molecule has 8 nitrogen and oxygen atoms in total. The molecule has 1 aliphatic rings. The molecule has 0 aromatic heterocycles. The van der Waals surface area contributed by atoms with Crippen LogP contribution in [0.25, 0.3) is 5.76 Å². The molecular formula is C27H33NO7. The van der Waals surface area contributed by atoms with Gasteiger partial charge in [0, 0.05) is 37.5 Å². The number of aliphatic hydroxyl groups excluding tert-OH is 1. The number of rotatable bonds is 12. The molecule has 1 aliphatic heterocycles. The number of carbonyl (C=O) groups is 2. The Labute approximate surface area is 206 Å². The average molecular weight is 484 g/mol. The van der Waals surface area contributed by atoms with E-state index in [1.165, 1.54) is 12.0 Å². The van der Waals surface area contributed by atoms with E-state index in [9.17, 15) is 14.7 Å². The van der Waals surface area contributed by atoms with Gasteiger partial charge in [-0.15, -0.1) is 0 Å². The molecule has 2 aromatic carbocycles. The molecule has 1 unspecified atom stereocenters. The lowest BCUT2D eigenvalue weighted by molar-refractivity contribution is -0.140. The molecule has 1 fully saturated rings. The Hall–Kier alpha value is -3.52. The van der Waals surface area contributed by atoms with Crippen molar-refractivity contribution in [3.05, 3.63) is 59.2 Å². The lowest BCUT2D eigenvalue weighted by Crippen LogP contribution is -2.31. The van der Waals surface area contributed by atoms with Gasteiger partial charge in [-0.3, -0.25) is 9.59 Å². The Morgan fingerprint density at radius 1 is 0.943 bits per heavy atom. The fraction of sp³-hybridized carbons (Fsp3) is 0.407. The summed E-state index contributed by atoms with van der Waals surface area (Å²) in [5.74, 6) is 0.0132. The smallest absolute Gasteiger partial charge is 0.295 e. The van der Waals surface area contributed by atoms with E-state index in [1.54, 1.807) is 56.7 Å². The zero-order valence-electron chi connectivity index (χ0n) is 20.7. The van der Waals surface area contributed by atoms with E-state index >= 15 is 0 Å². The number of aliphatic hydroxyl groups is 1. The van der Waals surface area contributed by atoms with Crippen molar-refractivity contribution in [1.29, 1.82) is 0 Å². The Kier molecular flexibility index (Phi) is 9.14. The fourth-order valence-corrected chi connectivity index (χ4v) is 4.06. The lowest BCUT2D eigenvalue weighted by atomic mass is 9.94. The summed E-state index contributed by atoms with van der Waals surface area (Å²) in [7, 11) is 4.63. The first-order chi connectivity index (χ1) is 17.0. The number of ether oxygens (including phenoxy) is 4. The van der Waals surface area contributed by atoms with E-state index in [2.05, 4.69) is 6.92 Å². The number of likely N-dealkylation sites (tertiary alicyclic amines) is 1. The second-order valence-electron chi connectivity index (χ2n) is 8.17. The van der Waals surface area contributed by atoms with Crippen molar-refractivity contribution >= 4 is 17.4 Å². The Balaban J connectivity index is 2.07. The summed E-state index contributed by atoms with van der Waals surface area (Å²) in [5, 5.41) is 11.2. The van der Waals surface area contributed by atoms with Gasteiger partial charge in [-0.1, -0.05) is 13.3 Å². The molecule has 188 valence electrons. The zero-order valence-corrected chi connectivity index (χ0v) is 20.7. The van der Waals surface area contributed by atoms with Crippen molar-refractivity contribution in [3.63, 3.8) is 0 Å². The molecule has 1 atom stereocenters. The van der Waals surface area contributed by atoms with Crippen molar-refractivity contribution < 1.29 is 33.6 Å². The van der Waals surface area contributed by atoms with Gasteiger partial charge in [0.2, 0.25) is 0 Å². The number of hydrogen-bond acceptors (Lipinski definition) is 7. The standard InChI is InChI=1S/C27H33NO7/c1-5-6-16-35-19-10-8-18(9-11-19)25(29)23-24(21-13-12-20(33-3)17-22(21)34-4)28(14-7-15-32-2)27(31)26(23)30/h8-13,17,24,29H,5-7,14-16H2,1-4H3/b25-23+. The third kappa shape index (κ3) is 5.77. The maximum Gasteiger partial charge on any atom is 0.295 e. The first-order valence-corrected chi connectivity index (χ1v) is 11.7. The van der Waals surface area contributed by atoms with E-state index in [0.717, 1.165) is 12.8 Å². The van der Waals surface area contributed by atoms with Crippen molar-refractivity contribution in [2.24, 2.45) is 0 Å². The summed E-state index contributed by atoms with van der Waals surface area (Å²) >= 11 is 0. The van der Waals surface area contributed by atoms with E-state index in [4.69, 9.17) is 18.9 Å². The second kappa shape index (κ2) is 12.3. The van der Waals surface area contributed by atoms with Crippen LogP contribution in [0.1, 0.15) is 43.4 Å². The molecule has 0 aliphatic carbocycles. The van der Waals surface area contributed by atoms with Gasteiger partial charge in [0.1, 0.15) is 23.0 Å². The normalized spacial score (nSPS) is 17.0. The summed E-state index contributed by atoms with van der Waals surface area (Å²) in [5.41, 5.74) is 1.00. The van der Waals surface area contributed by atoms with Crippen molar-refractivity contribution in [1.82, 2.24) is 4.90 Å². The summed E-state index contributed by atoms with van der Waals surface area (Å²) in [4.78, 5) is 27.7. The number of benzene rings is 2. The first-order valence-electron chi connectivity index (χ1n) is 11.7. The van der Waals surface area contributed by atoms with Crippen LogP contribution in [-0.4, -0.2) is 62.8 Å². The van der Waals surface area contributed by atoms with Crippen molar-refractivity contribution in [3.8, 4) is 17.2 Å². The molecule has 1 saturated heterocycles. The quantitative estimate of drug-likeness (QED) is 0.208. The lowest BCUT2D eigenvalue weighted by Gasteiger charge is -2.26. The molecule has 8 heteroatoms. The highest BCUT2D eigenvalue weighted by molar-refractivity contribution is 6.46. The molecule has 0 saturated carbocycles. The molecule has 2 aromatic rings. The van der Waals surface area contributed by atoms with Crippen LogP contribution in [0.4, 0.5) is 0 Å². The predicted octanol–water partition coefficient (Wildman–Crippen LogP) is 4.34. The number of unbranched alkanes of at least 4 members (excludes halogenated alkanes) is 1. The SMILES string of the molecule is CCCCOc1ccc(/C(O)=C2\C(=O)C(=O)N(CCCOC)C2c2ccc(OC)cc2OC)cc1. The average Bonchev–Trinajstić information content (AvgIpc) is 3.13. The third-order valence-electron chi connectivity index (χ3n) is 5.92. The largest absolute Gasteiger partial charge is 0.507 e. The Morgan fingerprint density at radius 2 is 1.66 bits per heavy atom. The number of methoxy groups -OCH3 is 3. The summed E-state index contributed by atoms with van der Waals surface area (Å²) in [6, 6.07) is 11.2. The van der Waals surface area contributed by atoms with Crippen LogP contribution in [0.15, 0.2) is 48.0 Å². The van der Waals surface area contributed by atoms with Gasteiger partial charge in [0.25, 0.3) is 11.7 Å². The van der Waals surface area contributed by atoms with E-state index < -0.39 is 17.7 Å². The summed E-state index contributed by atoms with van der Waals surface area (Å²) in [6.45, 7) is 3.39. The number of nitrogens with zero attached hydrogens (tertiary/aromatic N) is 1. The summed E-state index contributed by atoms with van der Waals surface area (Å²) in [6.07, 6.45) is 2.50. The zero-order chi connectivity index (χ0) is 25.4. The molecule has 1 N–H and O–H groups in total. The molecule has 0 spiro atoms.